The molecule has 2 unspecified atom stereocenters. The molecule has 2 heterocycles. The first kappa shape index (κ1) is 32.5. The number of nitrogens with zero attached hydrogens (tertiary/aromatic N) is 2. The quantitative estimate of drug-likeness (QED) is 0.377. The molecule has 1 aromatic heterocycles. The molecule has 11 nitrogen and oxygen atoms in total. The number of hydrogen-bond donors (Lipinski definition) is 3. The Morgan fingerprint density at radius 2 is 1.79 bits per heavy atom. The van der Waals surface area contributed by atoms with Gasteiger partial charge in [0.15, 0.2) is 0 Å². The van der Waals surface area contributed by atoms with Gasteiger partial charge in [-0.3, -0.25) is 19.4 Å². The van der Waals surface area contributed by atoms with Crippen molar-refractivity contribution in [2.45, 2.75) is 91.1 Å². The van der Waals surface area contributed by atoms with Gasteiger partial charge < -0.3 is 20.1 Å². The lowest BCUT2D eigenvalue weighted by Gasteiger charge is -2.35. The van der Waals surface area contributed by atoms with Gasteiger partial charge in [-0.15, -0.1) is 0 Å². The summed E-state index contributed by atoms with van der Waals surface area (Å²) < 4.78 is 11.0. The predicted molar refractivity (Wildman–Crippen MR) is 160 cm³/mol. The molecule has 42 heavy (non-hydrogen) atoms. The zero-order chi connectivity index (χ0) is 31.2. The second kappa shape index (κ2) is 13.8. The highest BCUT2D eigenvalue weighted by atomic mass is 16.6. The molecule has 3 amide bonds. The van der Waals surface area contributed by atoms with Crippen LogP contribution in [0.2, 0.25) is 0 Å². The Labute approximate surface area is 247 Å². The molecule has 3 rings (SSSR count). The number of carbonyl (C=O) groups excluding carboxylic acids is 4. The van der Waals surface area contributed by atoms with Crippen molar-refractivity contribution in [3.63, 3.8) is 0 Å². The molecule has 1 aliphatic heterocycles. The van der Waals surface area contributed by atoms with Gasteiger partial charge >= 0.3 is 12.1 Å². The highest BCUT2D eigenvalue weighted by Gasteiger charge is 2.34. The number of benzene rings is 1. The van der Waals surface area contributed by atoms with Crippen LogP contribution < -0.4 is 16.1 Å². The maximum absolute atomic E-state index is 13.2. The lowest BCUT2D eigenvalue weighted by atomic mass is 10.0. The summed E-state index contributed by atoms with van der Waals surface area (Å²) in [5, 5.41) is 7.56. The summed E-state index contributed by atoms with van der Waals surface area (Å²) in [4.78, 5) is 56.1. The SMILES string of the molecule is C=Cc1ccc2ccc([C@@H](C)OC(=O)C3CCCN(C(=O)[C@H](C)NC(=O)C(NC(=O)OC(C)(C)C)C(C)C)N3)nc2c1. The molecular weight excluding hydrogens is 538 g/mol. The Morgan fingerprint density at radius 1 is 1.10 bits per heavy atom. The summed E-state index contributed by atoms with van der Waals surface area (Å²) in [6, 6.07) is 7.03. The lowest BCUT2D eigenvalue weighted by molar-refractivity contribution is -0.157. The number of amides is 3. The Kier molecular flexibility index (Phi) is 10.7. The van der Waals surface area contributed by atoms with Crippen molar-refractivity contribution in [1.82, 2.24) is 26.1 Å². The summed E-state index contributed by atoms with van der Waals surface area (Å²) in [7, 11) is 0. The third-order valence-electron chi connectivity index (χ3n) is 6.77. The van der Waals surface area contributed by atoms with E-state index in [2.05, 4.69) is 27.6 Å². The van der Waals surface area contributed by atoms with Crippen LogP contribution in [0, 0.1) is 5.92 Å². The number of ether oxygens (including phenoxy) is 2. The summed E-state index contributed by atoms with van der Waals surface area (Å²) in [6.07, 6.45) is 1.48. The van der Waals surface area contributed by atoms with E-state index in [0.717, 1.165) is 16.5 Å². The van der Waals surface area contributed by atoms with Crippen molar-refractivity contribution in [3.8, 4) is 0 Å². The summed E-state index contributed by atoms with van der Waals surface area (Å²) in [6.45, 7) is 16.2. The third kappa shape index (κ3) is 8.75. The largest absolute Gasteiger partial charge is 0.455 e. The number of alkyl carbamates (subject to hydrolysis) is 1. The van der Waals surface area contributed by atoms with Crippen LogP contribution in [0.5, 0.6) is 0 Å². The molecule has 11 heteroatoms. The van der Waals surface area contributed by atoms with Crippen molar-refractivity contribution in [3.05, 3.63) is 48.2 Å². The maximum Gasteiger partial charge on any atom is 0.408 e. The van der Waals surface area contributed by atoms with Gasteiger partial charge in [-0.2, -0.15) is 0 Å². The van der Waals surface area contributed by atoms with Crippen molar-refractivity contribution >= 4 is 40.9 Å². The fraction of sp³-hybridized carbons (Fsp3) is 0.516. The van der Waals surface area contributed by atoms with E-state index in [0.29, 0.717) is 25.1 Å². The van der Waals surface area contributed by atoms with Crippen LogP contribution in [-0.4, -0.2) is 64.1 Å². The Hall–Kier alpha value is -3.99. The van der Waals surface area contributed by atoms with Crippen LogP contribution in [0.3, 0.4) is 0 Å². The number of esters is 1. The van der Waals surface area contributed by atoms with Gasteiger partial charge in [-0.1, -0.05) is 44.7 Å². The molecule has 0 spiro atoms. The number of pyridine rings is 1. The molecular formula is C31H43N5O6. The van der Waals surface area contributed by atoms with Gasteiger partial charge in [-0.05, 0) is 71.1 Å². The highest BCUT2D eigenvalue weighted by molar-refractivity contribution is 5.91. The minimum Gasteiger partial charge on any atom is -0.455 e. The van der Waals surface area contributed by atoms with E-state index in [-0.39, 0.29) is 5.92 Å². The monoisotopic (exact) mass is 581 g/mol. The van der Waals surface area contributed by atoms with Crippen molar-refractivity contribution < 1.29 is 28.7 Å². The van der Waals surface area contributed by atoms with Gasteiger partial charge in [0.05, 0.1) is 11.2 Å². The van der Waals surface area contributed by atoms with E-state index in [1.807, 2.05) is 30.3 Å². The number of carbonyl (C=O) groups is 4. The van der Waals surface area contributed by atoms with Gasteiger partial charge in [0.1, 0.15) is 29.8 Å². The molecule has 3 N–H and O–H groups in total. The molecule has 0 aliphatic carbocycles. The van der Waals surface area contributed by atoms with Gasteiger partial charge in [0.2, 0.25) is 5.91 Å². The molecule has 4 atom stereocenters. The third-order valence-corrected chi connectivity index (χ3v) is 6.77. The number of rotatable bonds is 9. The Bertz CT molecular complexity index is 1320. The Morgan fingerprint density at radius 3 is 2.43 bits per heavy atom. The summed E-state index contributed by atoms with van der Waals surface area (Å²) in [5.41, 5.74) is 4.56. The van der Waals surface area contributed by atoms with Crippen LogP contribution in [0.25, 0.3) is 17.0 Å². The van der Waals surface area contributed by atoms with Crippen molar-refractivity contribution in [1.29, 1.82) is 0 Å². The minimum absolute atomic E-state index is 0.254. The topological polar surface area (TPSA) is 139 Å². The summed E-state index contributed by atoms with van der Waals surface area (Å²) in [5.74, 6) is -1.68. The molecule has 0 saturated carbocycles. The average Bonchev–Trinajstić information content (AvgIpc) is 2.93. The van der Waals surface area contributed by atoms with Crippen LogP contribution in [-0.2, 0) is 23.9 Å². The first-order valence-electron chi connectivity index (χ1n) is 14.3. The minimum atomic E-state index is -0.914. The Balaban J connectivity index is 1.58. The summed E-state index contributed by atoms with van der Waals surface area (Å²) >= 11 is 0. The normalized spacial score (nSPS) is 17.6. The van der Waals surface area contributed by atoms with Crippen LogP contribution >= 0.6 is 0 Å². The van der Waals surface area contributed by atoms with Gasteiger partial charge in [0, 0.05) is 11.9 Å². The smallest absolute Gasteiger partial charge is 0.408 e. The second-order valence-electron chi connectivity index (χ2n) is 11.9. The molecule has 1 aliphatic rings. The second-order valence-corrected chi connectivity index (χ2v) is 11.9. The van der Waals surface area contributed by atoms with Crippen LogP contribution in [0.15, 0.2) is 36.9 Å². The van der Waals surface area contributed by atoms with Gasteiger partial charge in [-0.25, -0.2) is 15.2 Å². The molecule has 1 aromatic carbocycles. The number of aromatic nitrogens is 1. The number of hydrazine groups is 1. The first-order valence-corrected chi connectivity index (χ1v) is 14.3. The van der Waals surface area contributed by atoms with Crippen molar-refractivity contribution in [2.75, 3.05) is 6.54 Å². The first-order chi connectivity index (χ1) is 19.7. The fourth-order valence-corrected chi connectivity index (χ4v) is 4.50. The van der Waals surface area contributed by atoms with E-state index < -0.39 is 53.7 Å². The van der Waals surface area contributed by atoms with Crippen molar-refractivity contribution in [2.24, 2.45) is 5.92 Å². The number of nitrogens with one attached hydrogen (secondary N) is 3. The van der Waals surface area contributed by atoms with E-state index in [9.17, 15) is 19.2 Å². The molecule has 1 fully saturated rings. The molecule has 228 valence electrons. The number of fused-ring (bicyclic) bond motifs is 1. The van der Waals surface area contributed by atoms with E-state index in [1.54, 1.807) is 54.5 Å². The average molecular weight is 582 g/mol. The van der Waals surface area contributed by atoms with E-state index >= 15 is 0 Å². The zero-order valence-electron chi connectivity index (χ0n) is 25.5. The van der Waals surface area contributed by atoms with Gasteiger partial charge in [0.25, 0.3) is 5.91 Å². The zero-order valence-corrected chi connectivity index (χ0v) is 25.5. The molecule has 0 radical (unpaired) electrons. The lowest BCUT2D eigenvalue weighted by Crippen LogP contribution is -2.61. The number of hydrogen-bond acceptors (Lipinski definition) is 8. The molecule has 2 aromatic rings. The highest BCUT2D eigenvalue weighted by Crippen LogP contribution is 2.22. The maximum atomic E-state index is 13.2. The van der Waals surface area contributed by atoms with Crippen LogP contribution in [0.4, 0.5) is 4.79 Å². The van der Waals surface area contributed by atoms with E-state index in [1.165, 1.54) is 5.01 Å². The molecule has 0 bridgehead atoms. The standard InChI is InChI=1S/C31H43N5O6/c1-9-21-12-13-22-14-15-23(33-25(22)17-21)20(5)41-29(39)24-11-10-16-36(35-24)28(38)19(4)32-27(37)26(18(2)3)34-30(40)42-31(6,7)8/h9,12-15,17-20,24,26,35H,1,10-11,16H2,2-8H3,(H,32,37)(H,34,40)/t19-,20+,24?,26?/m0/s1. The van der Waals surface area contributed by atoms with Crippen LogP contribution in [0.1, 0.15) is 78.7 Å². The molecule has 1 saturated heterocycles. The predicted octanol–water partition coefficient (Wildman–Crippen LogP) is 4.03. The van der Waals surface area contributed by atoms with E-state index in [4.69, 9.17) is 9.47 Å². The fourth-order valence-electron chi connectivity index (χ4n) is 4.50.